The van der Waals surface area contributed by atoms with Crippen molar-refractivity contribution in [2.45, 2.75) is 80.1 Å². The molecule has 1 heteroatoms. The standard InChI is InChI=1S/3C9H13.Er/c3*1-3-8(2)9-6-4-5-7-9;/h3*4,6,8H,3,5H2,1-2H3;/q3*-1;+3. The summed E-state index contributed by atoms with van der Waals surface area (Å²) in [6.07, 6.45) is 29.8. The number of hydrogen-bond acceptors (Lipinski definition) is 0. The molecule has 3 aliphatic rings. The molecule has 3 unspecified atom stereocenters. The van der Waals surface area contributed by atoms with Crippen LogP contribution in [0.15, 0.2) is 53.2 Å². The first kappa shape index (κ1) is 27.7. The van der Waals surface area contributed by atoms with E-state index in [0.29, 0.717) is 17.8 Å². The van der Waals surface area contributed by atoms with Gasteiger partial charge in [0, 0.05) is 0 Å². The summed E-state index contributed by atoms with van der Waals surface area (Å²) in [5, 5.41) is 0. The molecule has 0 saturated carbocycles. The van der Waals surface area contributed by atoms with E-state index in [9.17, 15) is 0 Å². The zero-order chi connectivity index (χ0) is 20.1. The van der Waals surface area contributed by atoms with E-state index < -0.39 is 0 Å². The average Bonchev–Trinajstić information content (AvgIpc) is 3.48. The smallest absolute Gasteiger partial charge is 0.269 e. The monoisotopic (exact) mass is 529 g/mol. The Morgan fingerprint density at radius 3 is 1.00 bits per heavy atom. The second-order valence-corrected chi connectivity index (χ2v) is 7.64. The first-order valence-corrected chi connectivity index (χ1v) is 10.8. The zero-order valence-electron chi connectivity index (χ0n) is 18.7. The topological polar surface area (TPSA) is 0 Å². The van der Waals surface area contributed by atoms with Crippen molar-refractivity contribution in [3.8, 4) is 0 Å². The van der Waals surface area contributed by atoms with Crippen LogP contribution < -0.4 is 0 Å². The second kappa shape index (κ2) is 16.5. The van der Waals surface area contributed by atoms with Gasteiger partial charge in [-0.2, -0.15) is 18.2 Å². The second-order valence-electron chi connectivity index (χ2n) is 7.64. The van der Waals surface area contributed by atoms with E-state index in [4.69, 9.17) is 0 Å². The van der Waals surface area contributed by atoms with E-state index in [1.54, 1.807) is 0 Å². The SMILES string of the molecule is CCC(C)C1=[C-]CC=C1.CCC(C)C1=[C-]CC=C1.CCC(C)C1=[C-]CC=C1.[Er+3]. The van der Waals surface area contributed by atoms with Crippen LogP contribution in [0.3, 0.4) is 0 Å². The molecular formula is C27H39Er. The molecule has 0 N–H and O–H groups in total. The summed E-state index contributed by atoms with van der Waals surface area (Å²) in [5.41, 5.74) is 4.20. The van der Waals surface area contributed by atoms with Gasteiger partial charge in [0.15, 0.2) is 0 Å². The average molecular weight is 531 g/mol. The molecule has 0 fully saturated rings. The van der Waals surface area contributed by atoms with Crippen LogP contribution in [0.2, 0.25) is 0 Å². The maximum absolute atomic E-state index is 3.31. The summed E-state index contributed by atoms with van der Waals surface area (Å²) in [5.74, 6) is 2.14. The molecule has 0 aliphatic heterocycles. The Bertz CT molecular complexity index is 512. The molecule has 0 heterocycles. The predicted octanol–water partition coefficient (Wildman–Crippen LogP) is 8.17. The van der Waals surface area contributed by atoms with Gasteiger partial charge in [0.25, 0.3) is 0 Å². The number of hydrogen-bond donors (Lipinski definition) is 0. The van der Waals surface area contributed by atoms with Gasteiger partial charge in [0.05, 0.1) is 0 Å². The summed E-state index contributed by atoms with van der Waals surface area (Å²) < 4.78 is 0. The van der Waals surface area contributed by atoms with Crippen LogP contribution in [-0.2, 0) is 0 Å². The molecule has 0 spiro atoms. The van der Waals surface area contributed by atoms with Gasteiger partial charge in [-0.25, -0.2) is 34.9 Å². The van der Waals surface area contributed by atoms with Gasteiger partial charge >= 0.3 is 37.3 Å². The number of allylic oxidation sites excluding steroid dienone is 12. The van der Waals surface area contributed by atoms with Crippen LogP contribution in [-0.4, -0.2) is 0 Å². The Kier molecular flexibility index (Phi) is 16.3. The largest absolute Gasteiger partial charge is 3.00 e. The van der Waals surface area contributed by atoms with Gasteiger partial charge in [-0.05, 0) is 0 Å². The van der Waals surface area contributed by atoms with Crippen LogP contribution in [0.5, 0.6) is 0 Å². The van der Waals surface area contributed by atoms with E-state index in [-0.39, 0.29) is 37.3 Å². The predicted molar refractivity (Wildman–Crippen MR) is 120 cm³/mol. The molecule has 0 amide bonds. The van der Waals surface area contributed by atoms with Crippen molar-refractivity contribution in [2.24, 2.45) is 17.8 Å². The molecular weight excluding hydrogens is 492 g/mol. The van der Waals surface area contributed by atoms with Crippen LogP contribution in [0, 0.1) is 73.3 Å². The van der Waals surface area contributed by atoms with Gasteiger partial charge < -0.3 is 0 Å². The summed E-state index contributed by atoms with van der Waals surface area (Å²) >= 11 is 0. The third-order valence-corrected chi connectivity index (χ3v) is 5.59. The third-order valence-electron chi connectivity index (χ3n) is 5.59. The third kappa shape index (κ3) is 10.5. The quantitative estimate of drug-likeness (QED) is 0.304. The Balaban J connectivity index is 0.000000384. The molecule has 159 valence electrons. The molecule has 0 aromatic carbocycles. The summed E-state index contributed by atoms with van der Waals surface area (Å²) in [4.78, 5) is 0. The fourth-order valence-corrected chi connectivity index (χ4v) is 2.94. The molecule has 0 aromatic heterocycles. The van der Waals surface area contributed by atoms with E-state index in [1.807, 2.05) is 0 Å². The molecule has 0 nitrogen and oxygen atoms in total. The van der Waals surface area contributed by atoms with Gasteiger partial charge in [-0.1, -0.05) is 78.6 Å². The summed E-state index contributed by atoms with van der Waals surface area (Å²) in [7, 11) is 0. The van der Waals surface area contributed by atoms with E-state index in [0.717, 1.165) is 19.3 Å². The van der Waals surface area contributed by atoms with E-state index >= 15 is 0 Å². The first-order valence-electron chi connectivity index (χ1n) is 10.8. The summed E-state index contributed by atoms with van der Waals surface area (Å²) in [6, 6.07) is 0. The van der Waals surface area contributed by atoms with Gasteiger partial charge in [-0.3, -0.25) is 18.2 Å². The Hall–Kier alpha value is -0.313. The van der Waals surface area contributed by atoms with Crippen molar-refractivity contribution in [3.63, 3.8) is 0 Å². The van der Waals surface area contributed by atoms with Crippen LogP contribution in [0.4, 0.5) is 0 Å². The molecule has 3 aliphatic carbocycles. The van der Waals surface area contributed by atoms with Crippen molar-refractivity contribution >= 4 is 0 Å². The Labute approximate surface area is 205 Å². The fraction of sp³-hybridized carbons (Fsp3) is 0.556. The molecule has 3 atom stereocenters. The zero-order valence-corrected chi connectivity index (χ0v) is 20.6. The van der Waals surface area contributed by atoms with E-state index in [1.165, 1.54) is 36.0 Å². The molecule has 28 heavy (non-hydrogen) atoms. The normalized spacial score (nSPS) is 19.3. The van der Waals surface area contributed by atoms with Gasteiger partial charge in [0.1, 0.15) is 0 Å². The first-order chi connectivity index (χ1) is 13.0. The van der Waals surface area contributed by atoms with Gasteiger partial charge in [-0.15, -0.1) is 19.3 Å². The minimum Gasteiger partial charge on any atom is -0.269 e. The van der Waals surface area contributed by atoms with Crippen molar-refractivity contribution in [1.82, 2.24) is 0 Å². The summed E-state index contributed by atoms with van der Waals surface area (Å²) in [6.45, 7) is 13.4. The van der Waals surface area contributed by atoms with Crippen molar-refractivity contribution in [1.29, 1.82) is 0 Å². The maximum Gasteiger partial charge on any atom is 3.00 e. The van der Waals surface area contributed by atoms with Crippen LogP contribution in [0.25, 0.3) is 0 Å². The van der Waals surface area contributed by atoms with Crippen LogP contribution >= 0.6 is 0 Å². The fourth-order valence-electron chi connectivity index (χ4n) is 2.94. The molecule has 0 bridgehead atoms. The van der Waals surface area contributed by atoms with Crippen molar-refractivity contribution in [2.75, 3.05) is 0 Å². The maximum atomic E-state index is 3.31. The van der Waals surface area contributed by atoms with Gasteiger partial charge in [0.2, 0.25) is 0 Å². The molecule has 0 saturated heterocycles. The minimum absolute atomic E-state index is 0. The Morgan fingerprint density at radius 1 is 0.607 bits per heavy atom. The van der Waals surface area contributed by atoms with Crippen molar-refractivity contribution in [3.05, 3.63) is 71.4 Å². The number of rotatable bonds is 6. The van der Waals surface area contributed by atoms with E-state index in [2.05, 4.69) is 96.2 Å². The van der Waals surface area contributed by atoms with Crippen molar-refractivity contribution < 1.29 is 37.3 Å². The molecule has 1 radical (unpaired) electrons. The van der Waals surface area contributed by atoms with Crippen LogP contribution in [0.1, 0.15) is 80.1 Å². The minimum atomic E-state index is 0. The molecule has 0 aromatic rings. The Morgan fingerprint density at radius 2 is 0.857 bits per heavy atom. The molecule has 3 rings (SSSR count).